The molecule has 4 heteroatoms. The Morgan fingerprint density at radius 1 is 1.24 bits per heavy atom. The third kappa shape index (κ3) is 2.31. The molecule has 0 amide bonds. The van der Waals surface area contributed by atoms with Crippen LogP contribution >= 0.6 is 22.7 Å². The molecule has 3 heterocycles. The van der Waals surface area contributed by atoms with Gasteiger partial charge in [-0.15, -0.1) is 22.7 Å². The van der Waals surface area contributed by atoms with Gasteiger partial charge in [-0.05, 0) is 38.0 Å². The lowest BCUT2D eigenvalue weighted by Crippen LogP contribution is -2.35. The highest BCUT2D eigenvalue weighted by atomic mass is 32.1. The summed E-state index contributed by atoms with van der Waals surface area (Å²) in [5.41, 5.74) is 4.03. The fourth-order valence-electron chi connectivity index (χ4n) is 2.96. The number of fused-ring (bicyclic) bond motifs is 2. The molecule has 1 aliphatic rings. The van der Waals surface area contributed by atoms with Crippen molar-refractivity contribution in [1.82, 2.24) is 9.88 Å². The third-order valence-electron chi connectivity index (χ3n) is 4.23. The quantitative estimate of drug-likeness (QED) is 0.676. The summed E-state index contributed by atoms with van der Waals surface area (Å²) in [7, 11) is 0. The van der Waals surface area contributed by atoms with E-state index in [1.807, 2.05) is 22.7 Å². The summed E-state index contributed by atoms with van der Waals surface area (Å²) in [4.78, 5) is 8.92. The first-order valence-corrected chi connectivity index (χ1v) is 9.11. The topological polar surface area (TPSA) is 16.1 Å². The fraction of sp³-hybridized carbons (Fsp3) is 0.353. The van der Waals surface area contributed by atoms with Crippen LogP contribution in [0.5, 0.6) is 0 Å². The van der Waals surface area contributed by atoms with E-state index in [-0.39, 0.29) is 0 Å². The van der Waals surface area contributed by atoms with Crippen LogP contribution in [-0.4, -0.2) is 22.5 Å². The van der Waals surface area contributed by atoms with Gasteiger partial charge in [0, 0.05) is 35.0 Å². The Kier molecular flexibility index (Phi) is 3.32. The lowest BCUT2D eigenvalue weighted by Gasteiger charge is -2.30. The molecule has 0 atom stereocenters. The van der Waals surface area contributed by atoms with E-state index in [2.05, 4.69) is 48.4 Å². The van der Waals surface area contributed by atoms with E-state index in [4.69, 9.17) is 4.98 Å². The summed E-state index contributed by atoms with van der Waals surface area (Å²) in [6.07, 6.45) is 1.16. The van der Waals surface area contributed by atoms with Crippen molar-refractivity contribution in [1.29, 1.82) is 0 Å². The van der Waals surface area contributed by atoms with E-state index in [1.165, 1.54) is 32.3 Å². The first kappa shape index (κ1) is 13.4. The average molecular weight is 314 g/mol. The minimum atomic E-state index is 0.631. The van der Waals surface area contributed by atoms with Gasteiger partial charge >= 0.3 is 0 Å². The first-order valence-electron chi connectivity index (χ1n) is 7.41. The minimum Gasteiger partial charge on any atom is -0.296 e. The molecule has 0 saturated carbocycles. The second-order valence-corrected chi connectivity index (χ2v) is 7.85. The summed E-state index contributed by atoms with van der Waals surface area (Å²) < 4.78 is 1.28. The predicted molar refractivity (Wildman–Crippen MR) is 92.2 cm³/mol. The molecule has 1 aromatic carbocycles. The molecule has 0 saturated heterocycles. The highest BCUT2D eigenvalue weighted by molar-refractivity contribution is 7.22. The summed E-state index contributed by atoms with van der Waals surface area (Å²) >= 11 is 3.72. The van der Waals surface area contributed by atoms with Crippen molar-refractivity contribution in [3.8, 4) is 10.6 Å². The number of hydrogen-bond donors (Lipinski definition) is 0. The van der Waals surface area contributed by atoms with Crippen molar-refractivity contribution in [2.24, 2.45) is 0 Å². The van der Waals surface area contributed by atoms with Crippen molar-refractivity contribution in [3.63, 3.8) is 0 Å². The van der Waals surface area contributed by atoms with Crippen molar-refractivity contribution in [3.05, 3.63) is 40.1 Å². The average Bonchev–Trinajstić information content (AvgIpc) is 3.09. The molecule has 108 valence electrons. The summed E-state index contributed by atoms with van der Waals surface area (Å²) in [5, 5.41) is 3.50. The van der Waals surface area contributed by atoms with Gasteiger partial charge in [0.1, 0.15) is 5.01 Å². The number of thiazole rings is 1. The number of aromatic nitrogens is 1. The van der Waals surface area contributed by atoms with Gasteiger partial charge in [0.25, 0.3) is 0 Å². The molecule has 0 unspecified atom stereocenters. The van der Waals surface area contributed by atoms with Gasteiger partial charge in [0.05, 0.1) is 10.2 Å². The van der Waals surface area contributed by atoms with E-state index in [1.54, 1.807) is 0 Å². The van der Waals surface area contributed by atoms with Crippen LogP contribution in [0.3, 0.4) is 0 Å². The molecular formula is C17H18N2S2. The molecule has 0 bridgehead atoms. The Bertz CT molecular complexity index is 752. The Morgan fingerprint density at radius 3 is 2.90 bits per heavy atom. The molecule has 0 aliphatic carbocycles. The number of nitrogens with zero attached hydrogens (tertiary/aromatic N) is 2. The molecular weight excluding hydrogens is 296 g/mol. The van der Waals surface area contributed by atoms with Crippen LogP contribution in [0.25, 0.3) is 20.8 Å². The van der Waals surface area contributed by atoms with E-state index in [9.17, 15) is 0 Å². The molecule has 2 nitrogen and oxygen atoms in total. The number of rotatable bonds is 2. The standard InChI is InChI=1S/C17H18N2S2/c1-11(2)19-8-7-12-13(10-20-16(12)9-19)17-18-14-5-3-4-6-15(14)21-17/h3-6,10-11H,7-9H2,1-2H3. The maximum absolute atomic E-state index is 4.83. The van der Waals surface area contributed by atoms with E-state index in [0.29, 0.717) is 6.04 Å². The van der Waals surface area contributed by atoms with Gasteiger partial charge in [0.15, 0.2) is 0 Å². The van der Waals surface area contributed by atoms with E-state index < -0.39 is 0 Å². The van der Waals surface area contributed by atoms with Crippen molar-refractivity contribution in [2.75, 3.05) is 6.54 Å². The molecule has 3 aromatic rings. The Balaban J connectivity index is 1.74. The molecule has 1 aliphatic heterocycles. The first-order chi connectivity index (χ1) is 10.2. The zero-order chi connectivity index (χ0) is 14.4. The summed E-state index contributed by atoms with van der Waals surface area (Å²) in [5.74, 6) is 0. The van der Waals surface area contributed by atoms with Gasteiger partial charge in [0.2, 0.25) is 0 Å². The van der Waals surface area contributed by atoms with Gasteiger partial charge in [-0.1, -0.05) is 12.1 Å². The predicted octanol–water partition coefficient (Wildman–Crippen LogP) is 4.79. The second kappa shape index (κ2) is 5.20. The smallest absolute Gasteiger partial charge is 0.125 e. The maximum atomic E-state index is 4.83. The summed E-state index contributed by atoms with van der Waals surface area (Å²) in [6.45, 7) is 6.84. The van der Waals surface area contributed by atoms with Crippen LogP contribution in [0.1, 0.15) is 24.3 Å². The summed E-state index contributed by atoms with van der Waals surface area (Å²) in [6, 6.07) is 9.06. The zero-order valence-electron chi connectivity index (χ0n) is 12.3. The van der Waals surface area contributed by atoms with E-state index >= 15 is 0 Å². The van der Waals surface area contributed by atoms with Gasteiger partial charge in [-0.3, -0.25) is 4.90 Å². The second-order valence-electron chi connectivity index (χ2n) is 5.85. The van der Waals surface area contributed by atoms with Crippen LogP contribution in [0.15, 0.2) is 29.6 Å². The van der Waals surface area contributed by atoms with Gasteiger partial charge in [-0.25, -0.2) is 4.98 Å². The van der Waals surface area contributed by atoms with Crippen LogP contribution in [0, 0.1) is 0 Å². The highest BCUT2D eigenvalue weighted by Gasteiger charge is 2.23. The van der Waals surface area contributed by atoms with Crippen LogP contribution in [-0.2, 0) is 13.0 Å². The Labute approximate surface area is 133 Å². The van der Waals surface area contributed by atoms with Crippen LogP contribution in [0.2, 0.25) is 0 Å². The molecule has 4 rings (SSSR count). The van der Waals surface area contributed by atoms with Crippen molar-refractivity contribution in [2.45, 2.75) is 32.9 Å². The molecule has 0 N–H and O–H groups in total. The Hall–Kier alpha value is -1.23. The van der Waals surface area contributed by atoms with Crippen molar-refractivity contribution >= 4 is 32.9 Å². The van der Waals surface area contributed by atoms with Gasteiger partial charge < -0.3 is 0 Å². The van der Waals surface area contributed by atoms with Crippen LogP contribution in [0.4, 0.5) is 0 Å². The normalized spacial score (nSPS) is 15.8. The monoisotopic (exact) mass is 314 g/mol. The molecule has 0 radical (unpaired) electrons. The zero-order valence-corrected chi connectivity index (χ0v) is 13.9. The highest BCUT2D eigenvalue weighted by Crippen LogP contribution is 2.39. The minimum absolute atomic E-state index is 0.631. The SMILES string of the molecule is CC(C)N1CCc2c(-c3nc4ccccc4s3)csc2C1. The molecule has 0 fully saturated rings. The lowest BCUT2D eigenvalue weighted by molar-refractivity contribution is 0.206. The maximum Gasteiger partial charge on any atom is 0.125 e. The van der Waals surface area contributed by atoms with Crippen LogP contribution < -0.4 is 0 Å². The lowest BCUT2D eigenvalue weighted by atomic mass is 10.0. The van der Waals surface area contributed by atoms with Crippen molar-refractivity contribution < 1.29 is 0 Å². The number of benzene rings is 1. The number of thiophene rings is 1. The molecule has 2 aromatic heterocycles. The van der Waals surface area contributed by atoms with Gasteiger partial charge in [-0.2, -0.15) is 0 Å². The number of hydrogen-bond acceptors (Lipinski definition) is 4. The number of para-hydroxylation sites is 1. The molecule has 21 heavy (non-hydrogen) atoms. The third-order valence-corrected chi connectivity index (χ3v) is 6.31. The largest absolute Gasteiger partial charge is 0.296 e. The fourth-order valence-corrected chi connectivity index (χ4v) is 5.15. The van der Waals surface area contributed by atoms with E-state index in [0.717, 1.165) is 18.5 Å². The Morgan fingerprint density at radius 2 is 2.10 bits per heavy atom. The molecule has 0 spiro atoms.